The number of carbonyl (C=O) groups is 1. The van der Waals surface area contributed by atoms with Crippen molar-refractivity contribution in [3.63, 3.8) is 0 Å². The highest BCUT2D eigenvalue weighted by atomic mass is 16.5. The van der Waals surface area contributed by atoms with Gasteiger partial charge in [0.2, 0.25) is 0 Å². The fraction of sp³-hybridized carbons (Fsp3) is 0.261. The first kappa shape index (κ1) is 17.8. The average Bonchev–Trinajstić information content (AvgIpc) is 3.10. The van der Waals surface area contributed by atoms with Gasteiger partial charge in [-0.2, -0.15) is 4.57 Å². The second-order valence-electron chi connectivity index (χ2n) is 7.40. The van der Waals surface area contributed by atoms with Crippen molar-refractivity contribution in [2.45, 2.75) is 12.5 Å². The first-order chi connectivity index (χ1) is 14.3. The van der Waals surface area contributed by atoms with Crippen LogP contribution in [0.4, 0.5) is 11.5 Å². The van der Waals surface area contributed by atoms with E-state index in [2.05, 4.69) is 39.5 Å². The highest BCUT2D eigenvalue weighted by Gasteiger charge is 2.38. The van der Waals surface area contributed by atoms with E-state index in [4.69, 9.17) is 4.74 Å². The molecule has 0 bridgehead atoms. The van der Waals surface area contributed by atoms with Gasteiger partial charge in [0.15, 0.2) is 6.04 Å². The van der Waals surface area contributed by atoms with E-state index in [-0.39, 0.29) is 11.9 Å². The number of nitrogens with one attached hydrogen (secondary N) is 1. The summed E-state index contributed by atoms with van der Waals surface area (Å²) < 4.78 is 7.11. The van der Waals surface area contributed by atoms with Crippen molar-refractivity contribution in [2.24, 2.45) is 0 Å². The van der Waals surface area contributed by atoms with Crippen molar-refractivity contribution in [1.82, 2.24) is 4.98 Å². The fourth-order valence-electron chi connectivity index (χ4n) is 3.92. The van der Waals surface area contributed by atoms with Gasteiger partial charge in [-0.25, -0.2) is 9.78 Å². The van der Waals surface area contributed by atoms with E-state index in [1.807, 2.05) is 36.5 Å². The summed E-state index contributed by atoms with van der Waals surface area (Å²) in [7, 11) is 0. The highest BCUT2D eigenvalue weighted by Crippen LogP contribution is 2.23. The summed E-state index contributed by atoms with van der Waals surface area (Å²) in [5, 5.41) is 3.30. The van der Waals surface area contributed by atoms with Gasteiger partial charge < -0.3 is 9.64 Å². The second kappa shape index (κ2) is 7.64. The van der Waals surface area contributed by atoms with Gasteiger partial charge in [0.1, 0.15) is 18.1 Å². The minimum Gasteiger partial charge on any atom is -0.378 e. The summed E-state index contributed by atoms with van der Waals surface area (Å²) in [5.41, 5.74) is 4.11. The molecular formula is C23H23N4O2+. The topological polar surface area (TPSA) is 58.3 Å². The van der Waals surface area contributed by atoms with Crippen LogP contribution in [0.2, 0.25) is 0 Å². The first-order valence-corrected chi connectivity index (χ1v) is 9.97. The van der Waals surface area contributed by atoms with Crippen molar-refractivity contribution in [3.8, 4) is 11.3 Å². The molecule has 1 fully saturated rings. The van der Waals surface area contributed by atoms with Gasteiger partial charge >= 0.3 is 11.7 Å². The standard InChI is InChI=1S/C23H22N4O2/c28-23-20(14-17-4-2-1-3-5-17)25-22-15-24-21(16-27(22)23)18-6-8-19(9-7-18)26-10-12-29-13-11-26/h1-9,15-16,20H,10-14H2/p+1. The van der Waals surface area contributed by atoms with Gasteiger partial charge in [0, 0.05) is 30.8 Å². The molecule has 146 valence electrons. The smallest absolute Gasteiger partial charge is 0.359 e. The number of fused-ring (bicyclic) bond motifs is 1. The van der Waals surface area contributed by atoms with Crippen LogP contribution in [0.1, 0.15) is 10.4 Å². The maximum Gasteiger partial charge on any atom is 0.359 e. The van der Waals surface area contributed by atoms with E-state index < -0.39 is 0 Å². The summed E-state index contributed by atoms with van der Waals surface area (Å²) in [6.07, 6.45) is 4.23. The van der Waals surface area contributed by atoms with Gasteiger partial charge in [-0.3, -0.25) is 5.32 Å². The number of nitrogens with zero attached hydrogens (tertiary/aromatic N) is 3. The normalized spacial score (nSPS) is 18.4. The van der Waals surface area contributed by atoms with Crippen molar-refractivity contribution in [1.29, 1.82) is 0 Å². The van der Waals surface area contributed by atoms with E-state index in [0.29, 0.717) is 6.42 Å². The van der Waals surface area contributed by atoms with Crippen LogP contribution < -0.4 is 14.8 Å². The first-order valence-electron chi connectivity index (χ1n) is 9.97. The Balaban J connectivity index is 1.34. The van der Waals surface area contributed by atoms with Crippen LogP contribution in [0.15, 0.2) is 67.0 Å². The lowest BCUT2D eigenvalue weighted by Crippen LogP contribution is -2.43. The minimum absolute atomic E-state index is 0.0532. The predicted octanol–water partition coefficient (Wildman–Crippen LogP) is 2.55. The van der Waals surface area contributed by atoms with Crippen molar-refractivity contribution >= 4 is 17.4 Å². The lowest BCUT2D eigenvalue weighted by Gasteiger charge is -2.28. The SMILES string of the molecule is O=C1C(Cc2ccccc2)Nc2cnc(-c3ccc(N4CCOCC4)cc3)c[n+]21. The van der Waals surface area contributed by atoms with Crippen LogP contribution >= 0.6 is 0 Å². The molecule has 2 aliphatic rings. The molecule has 0 amide bonds. The third kappa shape index (κ3) is 3.59. The Morgan fingerprint density at radius 3 is 2.59 bits per heavy atom. The van der Waals surface area contributed by atoms with Crippen molar-refractivity contribution in [2.75, 3.05) is 36.5 Å². The summed E-state index contributed by atoms with van der Waals surface area (Å²) in [6.45, 7) is 3.36. The van der Waals surface area contributed by atoms with Gasteiger partial charge in [0.25, 0.3) is 0 Å². The summed E-state index contributed by atoms with van der Waals surface area (Å²) in [5.74, 6) is 0.794. The highest BCUT2D eigenvalue weighted by molar-refractivity contribution is 5.82. The van der Waals surface area contributed by atoms with Gasteiger partial charge in [-0.05, 0) is 17.7 Å². The molecule has 1 N–H and O–H groups in total. The molecule has 3 heterocycles. The van der Waals surface area contributed by atoms with E-state index in [9.17, 15) is 4.79 Å². The van der Waals surface area contributed by atoms with Crippen LogP contribution in [-0.2, 0) is 11.2 Å². The molecule has 6 nitrogen and oxygen atoms in total. The molecule has 1 unspecified atom stereocenters. The Kier molecular flexibility index (Phi) is 4.69. The molecule has 2 aliphatic heterocycles. The second-order valence-corrected chi connectivity index (χ2v) is 7.40. The van der Waals surface area contributed by atoms with Crippen LogP contribution in [0.25, 0.3) is 11.3 Å². The largest absolute Gasteiger partial charge is 0.378 e. The lowest BCUT2D eigenvalue weighted by molar-refractivity contribution is -0.552. The van der Waals surface area contributed by atoms with Crippen LogP contribution in [-0.4, -0.2) is 43.2 Å². The molecule has 1 saturated heterocycles. The molecule has 0 saturated carbocycles. The Morgan fingerprint density at radius 1 is 1.07 bits per heavy atom. The van der Waals surface area contributed by atoms with Crippen molar-refractivity contribution in [3.05, 3.63) is 72.6 Å². The fourth-order valence-corrected chi connectivity index (χ4v) is 3.92. The molecule has 5 rings (SSSR count). The maximum atomic E-state index is 12.9. The monoisotopic (exact) mass is 387 g/mol. The molecule has 3 aromatic rings. The van der Waals surface area contributed by atoms with Crippen LogP contribution in [0.3, 0.4) is 0 Å². The third-order valence-corrected chi connectivity index (χ3v) is 5.52. The number of ether oxygens (including phenoxy) is 1. The zero-order valence-electron chi connectivity index (χ0n) is 16.1. The molecule has 0 radical (unpaired) electrons. The minimum atomic E-state index is -0.266. The zero-order valence-corrected chi connectivity index (χ0v) is 16.1. The molecule has 6 heteroatoms. The predicted molar refractivity (Wildman–Crippen MR) is 111 cm³/mol. The molecule has 1 atom stereocenters. The van der Waals surface area contributed by atoms with Crippen LogP contribution in [0.5, 0.6) is 0 Å². The number of carbonyl (C=O) groups excluding carboxylic acids is 1. The molecular weight excluding hydrogens is 364 g/mol. The zero-order chi connectivity index (χ0) is 19.6. The molecule has 29 heavy (non-hydrogen) atoms. The number of benzene rings is 2. The number of anilines is 2. The van der Waals surface area contributed by atoms with Crippen LogP contribution in [0, 0.1) is 0 Å². The van der Waals surface area contributed by atoms with Crippen molar-refractivity contribution < 1.29 is 14.1 Å². The Morgan fingerprint density at radius 2 is 1.83 bits per heavy atom. The van der Waals surface area contributed by atoms with E-state index in [0.717, 1.165) is 48.9 Å². The Labute approximate surface area is 169 Å². The molecule has 0 spiro atoms. The number of hydrogen-bond donors (Lipinski definition) is 1. The summed E-state index contributed by atoms with van der Waals surface area (Å²) in [4.78, 5) is 19.8. The molecule has 1 aromatic heterocycles. The molecule has 0 aliphatic carbocycles. The quantitative estimate of drug-likeness (QED) is 0.698. The van der Waals surface area contributed by atoms with Gasteiger partial charge in [0.05, 0.1) is 13.2 Å². The third-order valence-electron chi connectivity index (χ3n) is 5.52. The Bertz CT molecular complexity index is 1010. The summed E-state index contributed by atoms with van der Waals surface area (Å²) >= 11 is 0. The van der Waals surface area contributed by atoms with E-state index >= 15 is 0 Å². The van der Waals surface area contributed by atoms with E-state index in [1.165, 1.54) is 5.69 Å². The number of hydrogen-bond acceptors (Lipinski definition) is 5. The summed E-state index contributed by atoms with van der Waals surface area (Å²) in [6, 6.07) is 18.1. The molecule has 2 aromatic carbocycles. The maximum absolute atomic E-state index is 12.9. The number of aromatic nitrogens is 2. The average molecular weight is 387 g/mol. The Hall–Kier alpha value is -3.25. The number of rotatable bonds is 4. The van der Waals surface area contributed by atoms with Gasteiger partial charge in [-0.15, -0.1) is 0 Å². The van der Waals surface area contributed by atoms with E-state index in [1.54, 1.807) is 10.8 Å². The number of morpholine rings is 1. The lowest BCUT2D eigenvalue weighted by atomic mass is 10.1. The van der Waals surface area contributed by atoms with Gasteiger partial charge in [-0.1, -0.05) is 42.5 Å².